The molecule has 0 aliphatic heterocycles. The smallest absolute Gasteiger partial charge is 0.275 e. The van der Waals surface area contributed by atoms with Gasteiger partial charge in [0.15, 0.2) is 0 Å². The summed E-state index contributed by atoms with van der Waals surface area (Å²) in [5.41, 5.74) is 9.17. The minimum absolute atomic E-state index is 0.146. The highest BCUT2D eigenvalue weighted by atomic mass is 32.1. The Bertz CT molecular complexity index is 604. The molecule has 19 heavy (non-hydrogen) atoms. The molecule has 0 aliphatic carbocycles. The summed E-state index contributed by atoms with van der Waals surface area (Å²) in [6.45, 7) is 5.84. The molecule has 0 saturated carbocycles. The topological polar surface area (TPSA) is 68.0 Å². The second kappa shape index (κ2) is 5.50. The summed E-state index contributed by atoms with van der Waals surface area (Å²) in [6, 6.07) is 5.76. The lowest BCUT2D eigenvalue weighted by Gasteiger charge is -2.07. The minimum atomic E-state index is -0.199. The molecule has 1 aromatic heterocycles. The lowest BCUT2D eigenvalue weighted by atomic mass is 10.1. The summed E-state index contributed by atoms with van der Waals surface area (Å²) in [5, 5.41) is 5.37. The maximum Gasteiger partial charge on any atom is 0.275 e. The van der Waals surface area contributed by atoms with Crippen molar-refractivity contribution in [1.82, 2.24) is 4.98 Å². The summed E-state index contributed by atoms with van der Waals surface area (Å²) in [4.78, 5) is 16.3. The standard InChI is InChI=1S/C14H17N3OS/c1-8-4-5-11(9(2)6-8)16-13(18)12-7-19-14(17-12)10(3)15/h4-7,10H,15H2,1-3H3,(H,16,18). The third-order valence-corrected chi connectivity index (χ3v) is 3.82. The van der Waals surface area contributed by atoms with Gasteiger partial charge in [-0.25, -0.2) is 4.98 Å². The molecule has 0 bridgehead atoms. The van der Waals surface area contributed by atoms with Crippen molar-refractivity contribution < 1.29 is 4.79 Å². The van der Waals surface area contributed by atoms with Crippen LogP contribution in [0.15, 0.2) is 23.6 Å². The van der Waals surface area contributed by atoms with Crippen LogP contribution in [0.4, 0.5) is 5.69 Å². The summed E-state index contributed by atoms with van der Waals surface area (Å²) < 4.78 is 0. The number of aromatic nitrogens is 1. The molecule has 2 rings (SSSR count). The molecule has 1 aromatic carbocycles. The summed E-state index contributed by atoms with van der Waals surface area (Å²) in [5.74, 6) is -0.199. The van der Waals surface area contributed by atoms with Gasteiger partial charge >= 0.3 is 0 Å². The fourth-order valence-corrected chi connectivity index (χ4v) is 2.50. The molecule has 1 unspecified atom stereocenters. The first-order valence-electron chi connectivity index (χ1n) is 6.07. The summed E-state index contributed by atoms with van der Waals surface area (Å²) >= 11 is 1.41. The number of rotatable bonds is 3. The van der Waals surface area contributed by atoms with E-state index in [0.717, 1.165) is 16.3 Å². The van der Waals surface area contributed by atoms with Crippen LogP contribution in [0.2, 0.25) is 0 Å². The Morgan fingerprint density at radius 3 is 2.74 bits per heavy atom. The minimum Gasteiger partial charge on any atom is -0.322 e. The van der Waals surface area contributed by atoms with E-state index in [1.54, 1.807) is 5.38 Å². The zero-order chi connectivity index (χ0) is 14.0. The number of hydrogen-bond acceptors (Lipinski definition) is 4. The number of hydrogen-bond donors (Lipinski definition) is 2. The molecule has 1 heterocycles. The van der Waals surface area contributed by atoms with E-state index in [-0.39, 0.29) is 11.9 Å². The number of nitrogens with two attached hydrogens (primary N) is 1. The monoisotopic (exact) mass is 275 g/mol. The van der Waals surface area contributed by atoms with Gasteiger partial charge in [0.2, 0.25) is 0 Å². The Hall–Kier alpha value is -1.72. The molecular weight excluding hydrogens is 258 g/mol. The highest BCUT2D eigenvalue weighted by Gasteiger charge is 2.13. The summed E-state index contributed by atoms with van der Waals surface area (Å²) in [7, 11) is 0. The van der Waals surface area contributed by atoms with E-state index in [1.165, 1.54) is 16.9 Å². The molecule has 1 amide bonds. The van der Waals surface area contributed by atoms with Gasteiger partial charge in [0.05, 0.1) is 6.04 Å². The van der Waals surface area contributed by atoms with Crippen LogP contribution < -0.4 is 11.1 Å². The number of carbonyl (C=O) groups is 1. The highest BCUT2D eigenvalue weighted by molar-refractivity contribution is 7.09. The highest BCUT2D eigenvalue weighted by Crippen LogP contribution is 2.19. The number of benzene rings is 1. The number of nitrogens with one attached hydrogen (secondary N) is 1. The molecule has 3 N–H and O–H groups in total. The van der Waals surface area contributed by atoms with Crippen LogP contribution in [-0.4, -0.2) is 10.9 Å². The predicted molar refractivity (Wildman–Crippen MR) is 78.6 cm³/mol. The lowest BCUT2D eigenvalue weighted by molar-refractivity contribution is 0.102. The van der Waals surface area contributed by atoms with E-state index >= 15 is 0 Å². The van der Waals surface area contributed by atoms with Crippen molar-refractivity contribution in [1.29, 1.82) is 0 Å². The average molecular weight is 275 g/mol. The first-order valence-corrected chi connectivity index (χ1v) is 6.95. The van der Waals surface area contributed by atoms with Crippen molar-refractivity contribution in [3.63, 3.8) is 0 Å². The molecule has 100 valence electrons. The van der Waals surface area contributed by atoms with Gasteiger partial charge in [0, 0.05) is 11.1 Å². The van der Waals surface area contributed by atoms with E-state index in [0.29, 0.717) is 5.69 Å². The Balaban J connectivity index is 2.16. The van der Waals surface area contributed by atoms with Crippen LogP contribution in [0.3, 0.4) is 0 Å². The molecule has 1 atom stereocenters. The van der Waals surface area contributed by atoms with Gasteiger partial charge in [0.1, 0.15) is 10.7 Å². The van der Waals surface area contributed by atoms with Gasteiger partial charge in [-0.1, -0.05) is 17.7 Å². The number of anilines is 1. The first-order chi connectivity index (χ1) is 8.97. The molecular formula is C14H17N3OS. The van der Waals surface area contributed by atoms with E-state index < -0.39 is 0 Å². The second-order valence-electron chi connectivity index (χ2n) is 4.63. The third kappa shape index (κ3) is 3.19. The number of thiazole rings is 1. The van der Waals surface area contributed by atoms with E-state index in [4.69, 9.17) is 5.73 Å². The van der Waals surface area contributed by atoms with Crippen molar-refractivity contribution >= 4 is 22.9 Å². The molecule has 0 spiro atoms. The van der Waals surface area contributed by atoms with Gasteiger partial charge in [-0.05, 0) is 32.4 Å². The largest absolute Gasteiger partial charge is 0.322 e. The van der Waals surface area contributed by atoms with E-state index in [2.05, 4.69) is 10.3 Å². The lowest BCUT2D eigenvalue weighted by Crippen LogP contribution is -2.14. The molecule has 5 heteroatoms. The maximum absolute atomic E-state index is 12.1. The zero-order valence-corrected chi connectivity index (χ0v) is 12.0. The Kier molecular flexibility index (Phi) is 3.97. The predicted octanol–water partition coefficient (Wildman–Crippen LogP) is 3.03. The van der Waals surface area contributed by atoms with E-state index in [9.17, 15) is 4.79 Å². The van der Waals surface area contributed by atoms with Crippen molar-refractivity contribution in [2.45, 2.75) is 26.8 Å². The van der Waals surface area contributed by atoms with Crippen LogP contribution in [0.5, 0.6) is 0 Å². The summed E-state index contributed by atoms with van der Waals surface area (Å²) in [6.07, 6.45) is 0. The van der Waals surface area contributed by atoms with Crippen molar-refractivity contribution in [3.8, 4) is 0 Å². The van der Waals surface area contributed by atoms with Crippen LogP contribution >= 0.6 is 11.3 Å². The molecule has 2 aromatic rings. The van der Waals surface area contributed by atoms with Crippen LogP contribution in [0.25, 0.3) is 0 Å². The molecule has 0 fully saturated rings. The average Bonchev–Trinajstić information content (AvgIpc) is 2.82. The third-order valence-electron chi connectivity index (χ3n) is 2.77. The molecule has 0 aliphatic rings. The van der Waals surface area contributed by atoms with Gasteiger partial charge < -0.3 is 11.1 Å². The van der Waals surface area contributed by atoms with Gasteiger partial charge in [0.25, 0.3) is 5.91 Å². The Labute approximate surface area is 116 Å². The van der Waals surface area contributed by atoms with Crippen LogP contribution in [0.1, 0.15) is 39.6 Å². The Morgan fingerprint density at radius 1 is 1.42 bits per heavy atom. The van der Waals surface area contributed by atoms with Gasteiger partial charge in [-0.3, -0.25) is 4.79 Å². The normalized spacial score (nSPS) is 12.2. The number of aryl methyl sites for hydroxylation is 2. The first kappa shape index (κ1) is 13.7. The number of amides is 1. The van der Waals surface area contributed by atoms with Crippen LogP contribution in [-0.2, 0) is 0 Å². The second-order valence-corrected chi connectivity index (χ2v) is 5.52. The van der Waals surface area contributed by atoms with Crippen molar-refractivity contribution in [2.75, 3.05) is 5.32 Å². The quantitative estimate of drug-likeness (QED) is 0.904. The number of carbonyl (C=O) groups excluding carboxylic acids is 1. The molecule has 0 saturated heterocycles. The SMILES string of the molecule is Cc1ccc(NC(=O)c2csc(C(C)N)n2)c(C)c1. The van der Waals surface area contributed by atoms with E-state index in [1.807, 2.05) is 39.0 Å². The number of nitrogens with zero attached hydrogens (tertiary/aromatic N) is 1. The van der Waals surface area contributed by atoms with Gasteiger partial charge in [-0.2, -0.15) is 0 Å². The maximum atomic E-state index is 12.1. The fourth-order valence-electron chi connectivity index (χ4n) is 1.74. The Morgan fingerprint density at radius 2 is 2.16 bits per heavy atom. The van der Waals surface area contributed by atoms with Gasteiger partial charge in [-0.15, -0.1) is 11.3 Å². The fraction of sp³-hybridized carbons (Fsp3) is 0.286. The molecule has 4 nitrogen and oxygen atoms in total. The van der Waals surface area contributed by atoms with Crippen LogP contribution in [0, 0.1) is 13.8 Å². The van der Waals surface area contributed by atoms with Crippen molar-refractivity contribution in [2.24, 2.45) is 5.73 Å². The zero-order valence-electron chi connectivity index (χ0n) is 11.2. The molecule has 0 radical (unpaired) electrons. The van der Waals surface area contributed by atoms with Crippen molar-refractivity contribution in [3.05, 3.63) is 45.4 Å².